The number of nitrogens with one attached hydrogen (secondary N) is 1. The van der Waals surface area contributed by atoms with E-state index in [1.807, 2.05) is 22.9 Å². The molecule has 3 heterocycles. The first-order chi connectivity index (χ1) is 9.83. The van der Waals surface area contributed by atoms with Crippen molar-refractivity contribution in [2.24, 2.45) is 5.10 Å². The van der Waals surface area contributed by atoms with Gasteiger partial charge < -0.3 is 5.32 Å². The lowest BCUT2D eigenvalue weighted by Crippen LogP contribution is -2.29. The fourth-order valence-corrected chi connectivity index (χ4v) is 3.19. The van der Waals surface area contributed by atoms with Gasteiger partial charge in [0.15, 0.2) is 0 Å². The van der Waals surface area contributed by atoms with E-state index in [2.05, 4.69) is 21.5 Å². The van der Waals surface area contributed by atoms with Gasteiger partial charge in [-0.05, 0) is 32.0 Å². The van der Waals surface area contributed by atoms with Crippen LogP contribution in [-0.2, 0) is 0 Å². The molecule has 102 valence electrons. The van der Waals surface area contributed by atoms with Crippen LogP contribution in [0.3, 0.4) is 0 Å². The molecule has 0 bridgehead atoms. The molecule has 2 aliphatic heterocycles. The first-order valence-corrected chi connectivity index (χ1v) is 7.11. The summed E-state index contributed by atoms with van der Waals surface area (Å²) >= 11 is 0. The molecule has 0 spiro atoms. The van der Waals surface area contributed by atoms with E-state index in [0.717, 1.165) is 43.2 Å². The third-order valence-electron chi connectivity index (χ3n) is 4.21. The first kappa shape index (κ1) is 11.8. The van der Waals surface area contributed by atoms with Crippen molar-refractivity contribution in [2.75, 3.05) is 13.1 Å². The number of rotatable bonds is 1. The highest BCUT2D eigenvalue weighted by molar-refractivity contribution is 6.03. The van der Waals surface area contributed by atoms with Crippen LogP contribution >= 0.6 is 0 Å². The molecule has 3 aliphatic rings. The lowest BCUT2D eigenvalue weighted by molar-refractivity contribution is 0.439. The van der Waals surface area contributed by atoms with Crippen LogP contribution in [0.1, 0.15) is 36.2 Å². The summed E-state index contributed by atoms with van der Waals surface area (Å²) in [7, 11) is 0. The van der Waals surface area contributed by atoms with Crippen molar-refractivity contribution in [2.45, 2.75) is 24.7 Å². The van der Waals surface area contributed by atoms with Gasteiger partial charge in [-0.15, -0.1) is 0 Å². The number of allylic oxidation sites excluding steroid dienone is 4. The zero-order valence-electron chi connectivity index (χ0n) is 11.1. The summed E-state index contributed by atoms with van der Waals surface area (Å²) < 4.78 is 1.90. The van der Waals surface area contributed by atoms with Gasteiger partial charge in [0.25, 0.3) is 5.56 Å². The largest absolute Gasteiger partial charge is 0.317 e. The van der Waals surface area contributed by atoms with Gasteiger partial charge >= 0.3 is 0 Å². The summed E-state index contributed by atoms with van der Waals surface area (Å²) in [6.07, 6.45) is 10.1. The second kappa shape index (κ2) is 4.52. The Morgan fingerprint density at radius 3 is 2.95 bits per heavy atom. The zero-order valence-corrected chi connectivity index (χ0v) is 11.1. The second-order valence-corrected chi connectivity index (χ2v) is 5.46. The molecule has 0 aromatic carbocycles. The van der Waals surface area contributed by atoms with Gasteiger partial charge in [-0.25, -0.2) is 4.68 Å². The van der Waals surface area contributed by atoms with E-state index in [4.69, 9.17) is 0 Å². The second-order valence-electron chi connectivity index (χ2n) is 5.46. The number of hydrogen-bond acceptors (Lipinski definition) is 4. The van der Waals surface area contributed by atoms with Crippen LogP contribution in [0.5, 0.6) is 0 Å². The van der Waals surface area contributed by atoms with E-state index in [1.54, 1.807) is 6.07 Å². The molecule has 5 heteroatoms. The predicted octanol–water partition coefficient (Wildman–Crippen LogP) is 1.14. The van der Waals surface area contributed by atoms with Crippen LogP contribution < -0.4 is 10.9 Å². The molecule has 1 aromatic rings. The Hall–Kier alpha value is -2.01. The molecule has 1 saturated heterocycles. The normalized spacial score (nSPS) is 24.4. The molecule has 1 aliphatic carbocycles. The molecule has 0 amide bonds. The minimum absolute atomic E-state index is 0.0364. The van der Waals surface area contributed by atoms with Gasteiger partial charge in [-0.1, -0.05) is 18.2 Å². The fourth-order valence-electron chi connectivity index (χ4n) is 3.19. The molecule has 4 rings (SSSR count). The van der Waals surface area contributed by atoms with E-state index in [-0.39, 0.29) is 11.5 Å². The number of hydrogen-bond donors (Lipinski definition) is 1. The Labute approximate surface area is 116 Å². The van der Waals surface area contributed by atoms with Gasteiger partial charge in [-0.3, -0.25) is 4.79 Å². The highest BCUT2D eigenvalue weighted by Gasteiger charge is 2.30. The zero-order chi connectivity index (χ0) is 13.5. The third kappa shape index (κ3) is 1.78. The molecule has 1 N–H and O–H groups in total. The van der Waals surface area contributed by atoms with Crippen molar-refractivity contribution in [3.63, 3.8) is 0 Å². The lowest BCUT2D eigenvalue weighted by atomic mass is 9.93. The molecular weight excluding hydrogens is 252 g/mol. The van der Waals surface area contributed by atoms with Crippen LogP contribution in [-0.4, -0.2) is 28.5 Å². The van der Waals surface area contributed by atoms with Crippen molar-refractivity contribution in [3.05, 3.63) is 52.2 Å². The molecule has 5 nitrogen and oxygen atoms in total. The summed E-state index contributed by atoms with van der Waals surface area (Å²) in [5.41, 5.74) is 1.84. The summed E-state index contributed by atoms with van der Waals surface area (Å²) in [5, 5.41) is 8.02. The summed E-state index contributed by atoms with van der Waals surface area (Å²) in [4.78, 5) is 16.1. The van der Waals surface area contributed by atoms with Crippen molar-refractivity contribution in [3.8, 4) is 0 Å². The molecule has 0 radical (unpaired) electrons. The van der Waals surface area contributed by atoms with Gasteiger partial charge in [-0.2, -0.15) is 10.1 Å². The number of nitrogens with zero attached hydrogens (tertiary/aromatic N) is 3. The average Bonchev–Trinajstić information content (AvgIpc) is 2.86. The van der Waals surface area contributed by atoms with Crippen LogP contribution in [0.4, 0.5) is 0 Å². The number of aromatic nitrogens is 2. The Morgan fingerprint density at radius 1 is 1.25 bits per heavy atom. The third-order valence-corrected chi connectivity index (χ3v) is 4.21. The van der Waals surface area contributed by atoms with Crippen LogP contribution in [0.2, 0.25) is 0 Å². The van der Waals surface area contributed by atoms with Gasteiger partial charge in [0.1, 0.15) is 5.82 Å². The van der Waals surface area contributed by atoms with Crippen LogP contribution in [0, 0.1) is 0 Å². The summed E-state index contributed by atoms with van der Waals surface area (Å²) in [5.74, 6) is 1.19. The SMILES string of the molecule is O=c1cc(C2CCNCC2)n2c(n1)C1C=CC=CC1=N2. The van der Waals surface area contributed by atoms with E-state index in [9.17, 15) is 4.79 Å². The molecule has 20 heavy (non-hydrogen) atoms. The van der Waals surface area contributed by atoms with E-state index >= 15 is 0 Å². The van der Waals surface area contributed by atoms with Crippen molar-refractivity contribution in [1.29, 1.82) is 0 Å². The number of piperidine rings is 1. The minimum atomic E-state index is -0.149. The molecule has 1 aromatic heterocycles. The van der Waals surface area contributed by atoms with Gasteiger partial charge in [0, 0.05) is 12.0 Å². The fraction of sp³-hybridized carbons (Fsp3) is 0.400. The minimum Gasteiger partial charge on any atom is -0.317 e. The highest BCUT2D eigenvalue weighted by Crippen LogP contribution is 2.31. The smallest absolute Gasteiger partial charge is 0.273 e. The van der Waals surface area contributed by atoms with Crippen molar-refractivity contribution >= 4 is 5.71 Å². The van der Waals surface area contributed by atoms with Gasteiger partial charge in [0.2, 0.25) is 0 Å². The standard InChI is InChI=1S/C15H16N4O/c20-14-9-13(10-5-7-16-8-6-10)19-15(17-14)11-3-1-2-4-12(11)18-19/h1-4,9-11,16H,5-8H2. The predicted molar refractivity (Wildman–Crippen MR) is 77.2 cm³/mol. The quantitative estimate of drug-likeness (QED) is 0.831. The van der Waals surface area contributed by atoms with Crippen LogP contribution in [0.15, 0.2) is 40.3 Å². The Bertz CT molecular complexity index is 692. The van der Waals surface area contributed by atoms with E-state index < -0.39 is 0 Å². The molecular formula is C15H16N4O. The summed E-state index contributed by atoms with van der Waals surface area (Å²) in [6, 6.07) is 1.66. The van der Waals surface area contributed by atoms with Crippen molar-refractivity contribution in [1.82, 2.24) is 15.0 Å². The Morgan fingerprint density at radius 2 is 2.10 bits per heavy atom. The van der Waals surface area contributed by atoms with E-state index in [1.165, 1.54) is 0 Å². The molecule has 0 saturated carbocycles. The highest BCUT2D eigenvalue weighted by atomic mass is 16.1. The monoisotopic (exact) mass is 268 g/mol. The maximum atomic E-state index is 11.9. The summed E-state index contributed by atoms with van der Waals surface area (Å²) in [6.45, 7) is 1.99. The van der Waals surface area contributed by atoms with E-state index in [0.29, 0.717) is 5.92 Å². The topological polar surface area (TPSA) is 59.3 Å². The number of fused-ring (bicyclic) bond motifs is 3. The lowest BCUT2D eigenvalue weighted by Gasteiger charge is -2.24. The van der Waals surface area contributed by atoms with Gasteiger partial charge in [0.05, 0.1) is 17.3 Å². The Balaban J connectivity index is 1.85. The maximum Gasteiger partial charge on any atom is 0.273 e. The molecule has 1 atom stereocenters. The maximum absolute atomic E-state index is 11.9. The molecule has 1 unspecified atom stereocenters. The van der Waals surface area contributed by atoms with Crippen LogP contribution in [0.25, 0.3) is 0 Å². The average molecular weight is 268 g/mol. The Kier molecular flexibility index (Phi) is 2.67. The first-order valence-electron chi connectivity index (χ1n) is 7.11. The molecule has 1 fully saturated rings. The van der Waals surface area contributed by atoms with Crippen molar-refractivity contribution < 1.29 is 0 Å².